The lowest BCUT2D eigenvalue weighted by Crippen LogP contribution is -2.15. The molecule has 0 saturated heterocycles. The van der Waals surface area contributed by atoms with Gasteiger partial charge in [0.1, 0.15) is 0 Å². The number of rotatable bonds is 6. The molecule has 7 heteroatoms. The third-order valence-electron chi connectivity index (χ3n) is 2.07. The fraction of sp³-hybridized carbons (Fsp3) is 0.400. The second-order valence-electron chi connectivity index (χ2n) is 3.54. The average Bonchev–Trinajstić information content (AvgIpc) is 2.26. The molecule has 6 nitrogen and oxygen atoms in total. The molecule has 0 aromatic carbocycles. The van der Waals surface area contributed by atoms with Crippen molar-refractivity contribution in [2.45, 2.75) is 17.9 Å². The van der Waals surface area contributed by atoms with E-state index in [1.807, 2.05) is 0 Å². The monoisotopic (exact) mass is 258 g/mol. The molecule has 0 saturated carbocycles. The zero-order valence-corrected chi connectivity index (χ0v) is 9.98. The van der Waals surface area contributed by atoms with Crippen LogP contribution >= 0.6 is 0 Å². The number of aromatic nitrogens is 1. The van der Waals surface area contributed by atoms with E-state index in [0.29, 0.717) is 5.56 Å². The van der Waals surface area contributed by atoms with Crippen molar-refractivity contribution in [3.05, 3.63) is 23.9 Å². The highest BCUT2D eigenvalue weighted by molar-refractivity contribution is 7.91. The largest absolute Gasteiger partial charge is 0.396 e. The van der Waals surface area contributed by atoms with Gasteiger partial charge < -0.3 is 10.8 Å². The van der Waals surface area contributed by atoms with Crippen LogP contribution in [0.25, 0.3) is 0 Å². The Hall–Kier alpha value is -1.47. The smallest absolute Gasteiger partial charge is 0.221 e. The molecule has 0 aliphatic rings. The lowest BCUT2D eigenvalue weighted by atomic mass is 10.2. The highest BCUT2D eigenvalue weighted by Gasteiger charge is 2.16. The summed E-state index contributed by atoms with van der Waals surface area (Å²) in [6.07, 6.45) is 1.46. The number of carbonyl (C=O) groups excluding carboxylic acids is 1. The van der Waals surface area contributed by atoms with Gasteiger partial charge in [0.05, 0.1) is 12.2 Å². The summed E-state index contributed by atoms with van der Waals surface area (Å²) in [4.78, 5) is 14.5. The third-order valence-corrected chi connectivity index (χ3v) is 3.75. The number of pyridine rings is 1. The number of aliphatic hydroxyl groups is 1. The zero-order chi connectivity index (χ0) is 12.9. The number of primary amides is 1. The topological polar surface area (TPSA) is 110 Å². The Morgan fingerprint density at radius 2 is 2.18 bits per heavy atom. The first-order valence-electron chi connectivity index (χ1n) is 5.02. The fourth-order valence-electron chi connectivity index (χ4n) is 1.29. The fourth-order valence-corrected chi connectivity index (χ4v) is 2.56. The molecule has 0 bridgehead atoms. The molecule has 1 aromatic rings. The molecule has 0 aliphatic carbocycles. The summed E-state index contributed by atoms with van der Waals surface area (Å²) < 4.78 is 23.5. The van der Waals surface area contributed by atoms with Crippen LogP contribution in [0.2, 0.25) is 0 Å². The van der Waals surface area contributed by atoms with E-state index in [4.69, 9.17) is 10.8 Å². The molecule has 1 amide bonds. The Bertz CT molecular complexity index is 499. The number of hydrogen-bond acceptors (Lipinski definition) is 5. The van der Waals surface area contributed by atoms with Gasteiger partial charge in [-0.15, -0.1) is 0 Å². The lowest BCUT2D eigenvalue weighted by Gasteiger charge is -2.04. The van der Waals surface area contributed by atoms with Crippen LogP contribution in [0, 0.1) is 0 Å². The maximum absolute atomic E-state index is 11.7. The first-order valence-corrected chi connectivity index (χ1v) is 6.68. The van der Waals surface area contributed by atoms with Crippen LogP contribution in [0.1, 0.15) is 12.0 Å². The summed E-state index contributed by atoms with van der Waals surface area (Å²) in [5.74, 6) is -0.703. The number of amides is 1. The molecule has 1 aromatic heterocycles. The Morgan fingerprint density at radius 1 is 1.47 bits per heavy atom. The van der Waals surface area contributed by atoms with E-state index < -0.39 is 15.7 Å². The van der Waals surface area contributed by atoms with Crippen LogP contribution < -0.4 is 5.73 Å². The number of aliphatic hydroxyl groups excluding tert-OH is 1. The lowest BCUT2D eigenvalue weighted by molar-refractivity contribution is -0.117. The molecule has 94 valence electrons. The molecule has 0 spiro atoms. The summed E-state index contributed by atoms with van der Waals surface area (Å²) in [7, 11) is -3.50. The van der Waals surface area contributed by atoms with E-state index >= 15 is 0 Å². The quantitative estimate of drug-likeness (QED) is 0.698. The molecule has 0 radical (unpaired) electrons. The standard InChI is InChI=1S/C10H14N2O4S/c11-9(14)6-8-2-3-12-10(7-8)17(15,16)5-1-4-13/h2-3,7,13H,1,4-6H2,(H2,11,14). The van der Waals surface area contributed by atoms with Crippen LogP contribution in [0.5, 0.6) is 0 Å². The summed E-state index contributed by atoms with van der Waals surface area (Å²) in [6.45, 7) is -0.194. The van der Waals surface area contributed by atoms with Crippen molar-refractivity contribution in [1.29, 1.82) is 0 Å². The molecule has 1 rings (SSSR count). The van der Waals surface area contributed by atoms with Crippen LogP contribution in [-0.2, 0) is 21.1 Å². The molecule has 3 N–H and O–H groups in total. The minimum absolute atomic E-state index is 0.0228. The van der Waals surface area contributed by atoms with Gasteiger partial charge in [0.2, 0.25) is 5.91 Å². The van der Waals surface area contributed by atoms with E-state index in [1.54, 1.807) is 0 Å². The van der Waals surface area contributed by atoms with Crippen molar-refractivity contribution in [1.82, 2.24) is 4.98 Å². The van der Waals surface area contributed by atoms with Gasteiger partial charge >= 0.3 is 0 Å². The molecule has 1 heterocycles. The van der Waals surface area contributed by atoms with Crippen molar-refractivity contribution in [2.75, 3.05) is 12.4 Å². The van der Waals surface area contributed by atoms with Crippen LogP contribution in [-0.4, -0.2) is 36.8 Å². The van der Waals surface area contributed by atoms with Gasteiger partial charge in [-0.3, -0.25) is 4.79 Å². The highest BCUT2D eigenvalue weighted by atomic mass is 32.2. The summed E-state index contributed by atoms with van der Waals surface area (Å²) in [5, 5.41) is 8.51. The Labute approximate surface area is 99.4 Å². The maximum Gasteiger partial charge on any atom is 0.221 e. The number of nitrogens with two attached hydrogens (primary N) is 1. The maximum atomic E-state index is 11.7. The summed E-state index contributed by atoms with van der Waals surface area (Å²) in [5.41, 5.74) is 5.53. The van der Waals surface area contributed by atoms with Gasteiger partial charge in [-0.1, -0.05) is 0 Å². The minimum Gasteiger partial charge on any atom is -0.396 e. The average molecular weight is 258 g/mol. The Morgan fingerprint density at radius 3 is 2.76 bits per heavy atom. The number of sulfone groups is 1. The minimum atomic E-state index is -3.50. The predicted octanol–water partition coefficient (Wildman–Crippen LogP) is -0.734. The number of nitrogens with zero attached hydrogens (tertiary/aromatic N) is 1. The number of carbonyl (C=O) groups is 1. The van der Waals surface area contributed by atoms with Gasteiger partial charge in [-0.2, -0.15) is 0 Å². The first-order chi connectivity index (χ1) is 7.95. The van der Waals surface area contributed by atoms with Gasteiger partial charge in [-0.05, 0) is 24.1 Å². The molecule has 0 fully saturated rings. The van der Waals surface area contributed by atoms with Crippen molar-refractivity contribution < 1.29 is 18.3 Å². The van der Waals surface area contributed by atoms with Gasteiger partial charge in [0.25, 0.3) is 0 Å². The van der Waals surface area contributed by atoms with E-state index in [2.05, 4.69) is 4.98 Å². The van der Waals surface area contributed by atoms with Crippen LogP contribution in [0.15, 0.2) is 23.4 Å². The molecule has 0 atom stereocenters. The van der Waals surface area contributed by atoms with Crippen molar-refractivity contribution in [2.24, 2.45) is 5.73 Å². The zero-order valence-electron chi connectivity index (χ0n) is 9.17. The molecule has 0 unspecified atom stereocenters. The van der Waals surface area contributed by atoms with E-state index in [-0.39, 0.29) is 30.2 Å². The SMILES string of the molecule is NC(=O)Cc1ccnc(S(=O)(=O)CCCO)c1. The second-order valence-corrected chi connectivity index (χ2v) is 5.60. The van der Waals surface area contributed by atoms with E-state index in [1.165, 1.54) is 18.3 Å². The molecular weight excluding hydrogens is 244 g/mol. The third kappa shape index (κ3) is 4.12. The van der Waals surface area contributed by atoms with Gasteiger partial charge in [0.15, 0.2) is 14.9 Å². The Kier molecular flexibility index (Phi) is 4.59. The van der Waals surface area contributed by atoms with E-state index in [9.17, 15) is 13.2 Å². The van der Waals surface area contributed by atoms with Crippen LogP contribution in [0.4, 0.5) is 0 Å². The predicted molar refractivity (Wildman–Crippen MR) is 60.9 cm³/mol. The molecular formula is C10H14N2O4S. The van der Waals surface area contributed by atoms with Crippen LogP contribution in [0.3, 0.4) is 0 Å². The molecule has 0 aliphatic heterocycles. The number of hydrogen-bond donors (Lipinski definition) is 2. The van der Waals surface area contributed by atoms with Crippen molar-refractivity contribution >= 4 is 15.7 Å². The highest BCUT2D eigenvalue weighted by Crippen LogP contribution is 2.11. The first kappa shape index (κ1) is 13.6. The normalized spacial score (nSPS) is 11.4. The molecule has 17 heavy (non-hydrogen) atoms. The van der Waals surface area contributed by atoms with Gasteiger partial charge in [0, 0.05) is 12.8 Å². The van der Waals surface area contributed by atoms with Gasteiger partial charge in [-0.25, -0.2) is 13.4 Å². The van der Waals surface area contributed by atoms with Crippen molar-refractivity contribution in [3.63, 3.8) is 0 Å². The van der Waals surface area contributed by atoms with E-state index in [0.717, 1.165) is 0 Å². The summed E-state index contributed by atoms with van der Waals surface area (Å²) in [6, 6.07) is 2.87. The van der Waals surface area contributed by atoms with Crippen molar-refractivity contribution in [3.8, 4) is 0 Å². The Balaban J connectivity index is 2.94. The second kappa shape index (κ2) is 5.74. The summed E-state index contributed by atoms with van der Waals surface area (Å²) >= 11 is 0.